The number of ether oxygens (including phenoxy) is 1. The minimum absolute atomic E-state index is 0.195. The van der Waals surface area contributed by atoms with Crippen LogP contribution in [0.3, 0.4) is 0 Å². The fraction of sp³-hybridized carbons (Fsp3) is 0.191. The molecule has 6 heteroatoms. The second-order valence-electron chi connectivity index (χ2n) is 13.4. The number of nitrogens with one attached hydrogen (secondary N) is 2. The number of rotatable bonds is 15. The molecule has 0 fully saturated rings. The minimum atomic E-state index is -0.945. The van der Waals surface area contributed by atoms with E-state index in [0.29, 0.717) is 5.75 Å². The zero-order valence-electron chi connectivity index (χ0n) is 30.4. The lowest BCUT2D eigenvalue weighted by Gasteiger charge is -2.41. The minimum Gasteiger partial charge on any atom is -0.467 e. The molecule has 0 unspecified atom stereocenters. The van der Waals surface area contributed by atoms with Crippen molar-refractivity contribution in [1.82, 2.24) is 10.6 Å². The Kier molecular flexibility index (Phi) is 12.2. The number of amides is 1. The lowest BCUT2D eigenvalue weighted by Crippen LogP contribution is -2.59. The number of methoxy groups -OCH3 is 1. The molecule has 6 aromatic carbocycles. The third-order valence-corrected chi connectivity index (χ3v) is 11.4. The Hall–Kier alpha value is -5.43. The smallest absolute Gasteiger partial charge is 0.328 e. The van der Waals surface area contributed by atoms with Gasteiger partial charge in [-0.05, 0) is 39.3 Å². The molecule has 0 aliphatic rings. The Morgan fingerprint density at radius 3 is 1.17 bits per heavy atom. The van der Waals surface area contributed by atoms with Crippen LogP contribution in [0.2, 0.25) is 0 Å². The maximum Gasteiger partial charge on any atom is 0.328 e. The normalized spacial score (nSPS) is 12.8. The summed E-state index contributed by atoms with van der Waals surface area (Å²) in [6, 6.07) is 60.5. The molecule has 0 radical (unpaired) electrons. The molecule has 0 saturated heterocycles. The predicted octanol–water partition coefficient (Wildman–Crippen LogP) is 8.98. The molecule has 2 N–H and O–H groups in total. The summed E-state index contributed by atoms with van der Waals surface area (Å²) in [7, 11) is 1.36. The molecule has 0 saturated carbocycles. The average molecular weight is 719 g/mol. The Morgan fingerprint density at radius 1 is 0.547 bits per heavy atom. The SMILES string of the molecule is COC(=O)[C@H](NC(=O)[C@@H](CSC(c1ccccc1)(c1ccccc1)c1ccccc1)NC(c1ccccc1)(c1ccccc1)c1ccccc1)C(C)C. The summed E-state index contributed by atoms with van der Waals surface area (Å²) in [5.41, 5.74) is 5.28. The first kappa shape index (κ1) is 37.3. The van der Waals surface area contributed by atoms with E-state index in [9.17, 15) is 9.59 Å². The zero-order chi connectivity index (χ0) is 37.1. The number of carbonyl (C=O) groups is 2. The average Bonchev–Trinajstić information content (AvgIpc) is 3.23. The Morgan fingerprint density at radius 2 is 0.868 bits per heavy atom. The van der Waals surface area contributed by atoms with Gasteiger partial charge in [-0.1, -0.05) is 196 Å². The van der Waals surface area contributed by atoms with E-state index in [1.165, 1.54) is 7.11 Å². The van der Waals surface area contributed by atoms with Crippen LogP contribution in [0.15, 0.2) is 182 Å². The Labute approximate surface area is 317 Å². The summed E-state index contributed by atoms with van der Waals surface area (Å²) in [5.74, 6) is -0.631. The van der Waals surface area contributed by atoms with Gasteiger partial charge in [0.2, 0.25) is 5.91 Å². The molecular weight excluding hydrogens is 673 g/mol. The van der Waals surface area contributed by atoms with E-state index in [-0.39, 0.29) is 11.8 Å². The highest BCUT2D eigenvalue weighted by Crippen LogP contribution is 2.49. The molecule has 0 bridgehead atoms. The molecular formula is C47H46N2O3S. The number of hydrogen-bond donors (Lipinski definition) is 2. The molecule has 0 aliphatic heterocycles. The Bertz CT molecular complexity index is 1830. The van der Waals surface area contributed by atoms with Gasteiger partial charge in [0, 0.05) is 5.75 Å². The van der Waals surface area contributed by atoms with Gasteiger partial charge in [-0.3, -0.25) is 10.1 Å². The first-order valence-corrected chi connectivity index (χ1v) is 19.0. The summed E-state index contributed by atoms with van der Waals surface area (Å²) in [4.78, 5) is 28.1. The maximum atomic E-state index is 15.0. The van der Waals surface area contributed by atoms with Crippen LogP contribution in [-0.4, -0.2) is 36.8 Å². The summed E-state index contributed by atoms with van der Waals surface area (Å²) in [6.45, 7) is 3.82. The van der Waals surface area contributed by atoms with Crippen molar-refractivity contribution >= 4 is 23.6 Å². The number of carbonyl (C=O) groups excluding carboxylic acids is 2. The summed E-state index contributed by atoms with van der Waals surface area (Å²) < 4.78 is 4.49. The molecule has 6 rings (SSSR count). The fourth-order valence-electron chi connectivity index (χ4n) is 7.11. The van der Waals surface area contributed by atoms with E-state index in [1.54, 1.807) is 11.8 Å². The van der Waals surface area contributed by atoms with Gasteiger partial charge in [0.15, 0.2) is 0 Å². The number of esters is 1. The summed E-state index contributed by atoms with van der Waals surface area (Å²) >= 11 is 1.70. The third-order valence-electron chi connectivity index (χ3n) is 9.75. The predicted molar refractivity (Wildman–Crippen MR) is 217 cm³/mol. The fourth-order valence-corrected chi connectivity index (χ4v) is 8.67. The van der Waals surface area contributed by atoms with Crippen LogP contribution in [0.5, 0.6) is 0 Å². The van der Waals surface area contributed by atoms with E-state index < -0.39 is 28.3 Å². The highest BCUT2D eigenvalue weighted by Gasteiger charge is 2.43. The second kappa shape index (κ2) is 17.4. The lowest BCUT2D eigenvalue weighted by molar-refractivity contribution is -0.146. The molecule has 6 aromatic rings. The molecule has 268 valence electrons. The number of hydrogen-bond acceptors (Lipinski definition) is 5. The van der Waals surface area contributed by atoms with Crippen LogP contribution >= 0.6 is 11.8 Å². The first-order chi connectivity index (χ1) is 25.9. The first-order valence-electron chi connectivity index (χ1n) is 18.0. The third kappa shape index (κ3) is 7.99. The lowest BCUT2D eigenvalue weighted by atomic mass is 9.76. The molecule has 53 heavy (non-hydrogen) atoms. The van der Waals surface area contributed by atoms with Gasteiger partial charge in [0.1, 0.15) is 6.04 Å². The monoisotopic (exact) mass is 718 g/mol. The molecule has 0 spiro atoms. The second-order valence-corrected chi connectivity index (χ2v) is 14.6. The summed E-state index contributed by atoms with van der Waals surface area (Å²) in [6.07, 6.45) is 0. The van der Waals surface area contributed by atoms with Crippen molar-refractivity contribution in [1.29, 1.82) is 0 Å². The van der Waals surface area contributed by atoms with E-state index in [2.05, 4.69) is 120 Å². The molecule has 5 nitrogen and oxygen atoms in total. The van der Waals surface area contributed by atoms with E-state index >= 15 is 0 Å². The van der Waals surface area contributed by atoms with Crippen molar-refractivity contribution in [2.45, 2.75) is 36.2 Å². The van der Waals surface area contributed by atoms with Gasteiger partial charge in [-0.15, -0.1) is 11.8 Å². The Balaban J connectivity index is 1.55. The number of thioether (sulfide) groups is 1. The molecule has 0 aromatic heterocycles. The van der Waals surface area contributed by atoms with E-state index in [0.717, 1.165) is 33.4 Å². The standard InChI is InChI=1S/C47H46N2O3S/c1-35(2)43(45(51)52-3)48-44(50)42(49-46(36-22-10-4-11-23-36,37-24-12-5-13-25-37)38-26-14-6-15-27-38)34-53-47(39-28-16-7-17-29-39,40-30-18-8-19-31-40)41-32-20-9-21-33-41/h4-33,35,42-43,49H,34H2,1-3H3,(H,48,50)/t42-,43-/m1/s1. The van der Waals surface area contributed by atoms with Crippen LogP contribution in [-0.2, 0) is 24.6 Å². The quantitative estimate of drug-likeness (QED) is 0.0820. The topological polar surface area (TPSA) is 67.4 Å². The van der Waals surface area contributed by atoms with Gasteiger partial charge in [-0.25, -0.2) is 4.79 Å². The van der Waals surface area contributed by atoms with Gasteiger partial charge < -0.3 is 10.1 Å². The van der Waals surface area contributed by atoms with Crippen molar-refractivity contribution in [3.8, 4) is 0 Å². The highest BCUT2D eigenvalue weighted by atomic mass is 32.2. The zero-order valence-corrected chi connectivity index (χ0v) is 31.2. The summed E-state index contributed by atoms with van der Waals surface area (Å²) in [5, 5.41) is 7.07. The van der Waals surface area contributed by atoms with E-state index in [4.69, 9.17) is 4.74 Å². The van der Waals surface area contributed by atoms with E-state index in [1.807, 2.05) is 86.6 Å². The van der Waals surface area contributed by atoms with Crippen LogP contribution in [0.4, 0.5) is 0 Å². The van der Waals surface area contributed by atoms with Gasteiger partial charge in [-0.2, -0.15) is 0 Å². The largest absolute Gasteiger partial charge is 0.467 e. The van der Waals surface area contributed by atoms with Crippen molar-refractivity contribution in [2.75, 3.05) is 12.9 Å². The number of benzene rings is 6. The van der Waals surface area contributed by atoms with Crippen LogP contribution in [0.25, 0.3) is 0 Å². The molecule has 1 amide bonds. The van der Waals surface area contributed by atoms with Crippen LogP contribution < -0.4 is 10.6 Å². The molecule has 0 aliphatic carbocycles. The molecule has 2 atom stereocenters. The highest BCUT2D eigenvalue weighted by molar-refractivity contribution is 8.00. The van der Waals surface area contributed by atoms with Crippen molar-refractivity contribution in [3.05, 3.63) is 215 Å². The van der Waals surface area contributed by atoms with Gasteiger partial charge in [0.25, 0.3) is 0 Å². The van der Waals surface area contributed by atoms with Crippen molar-refractivity contribution < 1.29 is 14.3 Å². The molecule has 0 heterocycles. The van der Waals surface area contributed by atoms with Crippen LogP contribution in [0, 0.1) is 5.92 Å². The maximum absolute atomic E-state index is 15.0. The van der Waals surface area contributed by atoms with Crippen molar-refractivity contribution in [3.63, 3.8) is 0 Å². The van der Waals surface area contributed by atoms with Gasteiger partial charge >= 0.3 is 5.97 Å². The van der Waals surface area contributed by atoms with Gasteiger partial charge in [0.05, 0.1) is 23.4 Å². The van der Waals surface area contributed by atoms with Crippen LogP contribution in [0.1, 0.15) is 47.2 Å². The van der Waals surface area contributed by atoms with Crippen molar-refractivity contribution in [2.24, 2.45) is 5.92 Å².